The third-order valence-electron chi connectivity index (χ3n) is 9.36. The van der Waals surface area contributed by atoms with Crippen molar-refractivity contribution in [2.24, 2.45) is 5.41 Å². The number of likely N-dealkylation sites (tertiary alicyclic amines) is 1. The predicted molar refractivity (Wildman–Crippen MR) is 129 cm³/mol. The van der Waals surface area contributed by atoms with Crippen molar-refractivity contribution >= 4 is 16.6 Å². The van der Waals surface area contributed by atoms with Crippen LogP contribution in [0.2, 0.25) is 0 Å². The summed E-state index contributed by atoms with van der Waals surface area (Å²) in [4.78, 5) is 10.2. The first kappa shape index (κ1) is 18.9. The number of rotatable bonds is 1. The Balaban J connectivity index is 1.61. The number of hydrogen-bond donors (Lipinski definition) is 0. The highest BCUT2D eigenvalue weighted by molar-refractivity contribution is 5.94. The molecule has 32 heavy (non-hydrogen) atoms. The van der Waals surface area contributed by atoms with Crippen LogP contribution in [-0.4, -0.2) is 43.6 Å². The van der Waals surface area contributed by atoms with Crippen LogP contribution in [0.3, 0.4) is 0 Å². The SMILES string of the molecule is Cc1ccc2c3c1O[C@H]1c4nc5ccccc5c(N(C)C)c4C[C@@]4(C)[C@H](C2)N(C)CC[C@]314. The number of likely N-dealkylation sites (N-methyl/N-ethyl adjacent to an activating group) is 1. The van der Waals surface area contributed by atoms with Gasteiger partial charge in [0, 0.05) is 42.1 Å². The van der Waals surface area contributed by atoms with Gasteiger partial charge in [-0.1, -0.05) is 37.3 Å². The van der Waals surface area contributed by atoms with Gasteiger partial charge in [0.1, 0.15) is 5.75 Å². The fraction of sp³-hybridized carbons (Fsp3) is 0.464. The number of aryl methyl sites for hydroxylation is 1. The molecule has 0 amide bonds. The van der Waals surface area contributed by atoms with E-state index in [2.05, 4.69) is 81.2 Å². The molecule has 1 spiro atoms. The number of nitrogens with zero attached hydrogens (tertiary/aromatic N) is 3. The summed E-state index contributed by atoms with van der Waals surface area (Å²) in [6.07, 6.45) is 3.29. The van der Waals surface area contributed by atoms with E-state index < -0.39 is 0 Å². The maximum atomic E-state index is 7.02. The number of piperidine rings is 1. The van der Waals surface area contributed by atoms with Crippen molar-refractivity contribution in [3.8, 4) is 5.75 Å². The summed E-state index contributed by atoms with van der Waals surface area (Å²) in [6.45, 7) is 5.89. The third kappa shape index (κ3) is 1.93. The Hall–Kier alpha value is -2.59. The van der Waals surface area contributed by atoms with Crippen LogP contribution in [0.15, 0.2) is 36.4 Å². The van der Waals surface area contributed by atoms with Gasteiger partial charge >= 0.3 is 0 Å². The number of pyridine rings is 1. The molecule has 3 aromatic rings. The largest absolute Gasteiger partial charge is 0.483 e. The third-order valence-corrected chi connectivity index (χ3v) is 9.36. The summed E-state index contributed by atoms with van der Waals surface area (Å²) >= 11 is 0. The fourth-order valence-corrected chi connectivity index (χ4v) is 7.98. The topological polar surface area (TPSA) is 28.6 Å². The van der Waals surface area contributed by atoms with Gasteiger partial charge in [-0.05, 0) is 57.0 Å². The molecule has 2 aliphatic carbocycles. The highest BCUT2D eigenvalue weighted by Crippen LogP contribution is 2.71. The lowest BCUT2D eigenvalue weighted by Crippen LogP contribution is -2.68. The zero-order chi connectivity index (χ0) is 22.0. The number of anilines is 1. The van der Waals surface area contributed by atoms with Gasteiger partial charge < -0.3 is 14.5 Å². The van der Waals surface area contributed by atoms with E-state index in [0.717, 1.165) is 37.1 Å². The van der Waals surface area contributed by atoms with E-state index in [1.165, 1.54) is 39.0 Å². The molecule has 2 aliphatic heterocycles. The highest BCUT2D eigenvalue weighted by Gasteiger charge is 2.70. The molecule has 1 fully saturated rings. The summed E-state index contributed by atoms with van der Waals surface area (Å²) < 4.78 is 7.02. The van der Waals surface area contributed by atoms with Gasteiger partial charge in [-0.2, -0.15) is 0 Å². The molecule has 0 N–H and O–H groups in total. The van der Waals surface area contributed by atoms with Gasteiger partial charge in [-0.15, -0.1) is 0 Å². The van der Waals surface area contributed by atoms with E-state index in [1.54, 1.807) is 0 Å². The molecule has 7 rings (SSSR count). The van der Waals surface area contributed by atoms with E-state index in [0.29, 0.717) is 6.04 Å². The summed E-state index contributed by atoms with van der Waals surface area (Å²) in [5.74, 6) is 1.15. The van der Waals surface area contributed by atoms with Crippen LogP contribution in [0, 0.1) is 12.3 Å². The highest BCUT2D eigenvalue weighted by atomic mass is 16.5. The first-order chi connectivity index (χ1) is 15.4. The molecule has 0 saturated carbocycles. The van der Waals surface area contributed by atoms with Crippen molar-refractivity contribution in [1.29, 1.82) is 0 Å². The molecule has 4 nitrogen and oxygen atoms in total. The van der Waals surface area contributed by atoms with Crippen molar-refractivity contribution in [2.45, 2.75) is 50.7 Å². The first-order valence-corrected chi connectivity index (χ1v) is 12.0. The Labute approximate surface area is 190 Å². The molecule has 4 heteroatoms. The van der Waals surface area contributed by atoms with E-state index >= 15 is 0 Å². The Morgan fingerprint density at radius 1 is 1.16 bits per heavy atom. The zero-order valence-corrected chi connectivity index (χ0v) is 19.7. The smallest absolute Gasteiger partial charge is 0.151 e. The minimum absolute atomic E-state index is 0.00511. The zero-order valence-electron chi connectivity index (χ0n) is 19.7. The minimum atomic E-state index is -0.00842. The molecule has 2 bridgehead atoms. The molecule has 0 radical (unpaired) electrons. The molecule has 4 atom stereocenters. The number of hydrogen-bond acceptors (Lipinski definition) is 4. The molecule has 1 aromatic heterocycles. The van der Waals surface area contributed by atoms with Crippen molar-refractivity contribution < 1.29 is 4.74 Å². The summed E-state index contributed by atoms with van der Waals surface area (Å²) in [5.41, 5.74) is 9.37. The van der Waals surface area contributed by atoms with Crippen LogP contribution in [-0.2, 0) is 18.3 Å². The lowest BCUT2D eigenvalue weighted by Gasteiger charge is -2.64. The van der Waals surface area contributed by atoms with Crippen LogP contribution in [0.1, 0.15) is 47.4 Å². The average Bonchev–Trinajstić information content (AvgIpc) is 3.12. The number of ether oxygens (including phenoxy) is 1. The molecule has 2 aromatic carbocycles. The van der Waals surface area contributed by atoms with Crippen LogP contribution in [0.25, 0.3) is 10.9 Å². The lowest BCUT2D eigenvalue weighted by molar-refractivity contribution is -0.0908. The second-order valence-electron chi connectivity index (χ2n) is 11.0. The molecule has 3 heterocycles. The standard InChI is InChI=1S/C28H31N3O/c1-16-10-11-17-14-21-27(2)15-19-23(29-20-9-7-6-8-18(20)24(19)30(3)4)26-28(27,12-13-31(21)5)22(17)25(16)32-26/h6-11,21,26H,12-15H2,1-5H3/t21-,26-,27-,28-/m0/s1. The molecule has 4 aliphatic rings. The normalized spacial score (nSPS) is 31.8. The lowest BCUT2D eigenvalue weighted by atomic mass is 9.44. The molecule has 0 unspecified atom stereocenters. The van der Waals surface area contributed by atoms with Crippen LogP contribution in [0.5, 0.6) is 5.75 Å². The monoisotopic (exact) mass is 425 g/mol. The Morgan fingerprint density at radius 2 is 1.97 bits per heavy atom. The molecule has 164 valence electrons. The van der Waals surface area contributed by atoms with Crippen LogP contribution in [0.4, 0.5) is 5.69 Å². The Kier molecular flexibility index (Phi) is 3.46. The number of para-hydroxylation sites is 1. The Morgan fingerprint density at radius 3 is 2.78 bits per heavy atom. The summed E-state index contributed by atoms with van der Waals surface area (Å²) in [7, 11) is 6.68. The van der Waals surface area contributed by atoms with Crippen molar-refractivity contribution in [1.82, 2.24) is 9.88 Å². The fourth-order valence-electron chi connectivity index (χ4n) is 7.98. The molecule has 1 saturated heterocycles. The predicted octanol–water partition coefficient (Wildman–Crippen LogP) is 4.80. The van der Waals surface area contributed by atoms with Gasteiger partial charge in [-0.3, -0.25) is 0 Å². The van der Waals surface area contributed by atoms with Gasteiger partial charge in [-0.25, -0.2) is 4.98 Å². The van der Waals surface area contributed by atoms with Crippen molar-refractivity contribution in [3.05, 3.63) is 64.3 Å². The average molecular weight is 426 g/mol. The van der Waals surface area contributed by atoms with Crippen LogP contribution < -0.4 is 9.64 Å². The maximum Gasteiger partial charge on any atom is 0.151 e. The van der Waals surface area contributed by atoms with Gasteiger partial charge in [0.15, 0.2) is 6.10 Å². The maximum absolute atomic E-state index is 7.02. The van der Waals surface area contributed by atoms with Gasteiger partial charge in [0.25, 0.3) is 0 Å². The van der Waals surface area contributed by atoms with Gasteiger partial charge in [0.2, 0.25) is 0 Å². The first-order valence-electron chi connectivity index (χ1n) is 12.0. The van der Waals surface area contributed by atoms with E-state index in [-0.39, 0.29) is 16.9 Å². The number of fused-ring (bicyclic) bond motifs is 3. The van der Waals surface area contributed by atoms with Crippen LogP contribution >= 0.6 is 0 Å². The Bertz CT molecular complexity index is 1310. The molecular weight excluding hydrogens is 394 g/mol. The minimum Gasteiger partial charge on any atom is -0.483 e. The number of benzene rings is 2. The quantitative estimate of drug-likeness (QED) is 0.560. The van der Waals surface area contributed by atoms with Crippen molar-refractivity contribution in [2.75, 3.05) is 32.6 Å². The van der Waals surface area contributed by atoms with E-state index in [9.17, 15) is 0 Å². The van der Waals surface area contributed by atoms with Gasteiger partial charge in [0.05, 0.1) is 22.3 Å². The second-order valence-corrected chi connectivity index (χ2v) is 11.0. The van der Waals surface area contributed by atoms with Crippen molar-refractivity contribution in [3.63, 3.8) is 0 Å². The van der Waals surface area contributed by atoms with E-state index in [4.69, 9.17) is 9.72 Å². The second kappa shape index (κ2) is 5.85. The number of aromatic nitrogens is 1. The summed E-state index contributed by atoms with van der Waals surface area (Å²) in [5, 5.41) is 1.25. The summed E-state index contributed by atoms with van der Waals surface area (Å²) in [6, 6.07) is 13.8. The van der Waals surface area contributed by atoms with E-state index in [1.807, 2.05) is 0 Å². The molecular formula is C28H31N3O.